The van der Waals surface area contributed by atoms with Crippen molar-refractivity contribution in [1.82, 2.24) is 4.57 Å². The second kappa shape index (κ2) is 9.78. The molecule has 168 valence electrons. The Kier molecular flexibility index (Phi) is 6.64. The van der Waals surface area contributed by atoms with Crippen LogP contribution in [0.2, 0.25) is 0 Å². The van der Waals surface area contributed by atoms with E-state index in [2.05, 4.69) is 91.2 Å². The maximum absolute atomic E-state index is 5.72. The number of oxime groups is 1. The minimum Gasteiger partial charge on any atom is -0.497 e. The van der Waals surface area contributed by atoms with E-state index in [0.29, 0.717) is 6.61 Å². The van der Waals surface area contributed by atoms with Crippen molar-refractivity contribution in [2.75, 3.05) is 7.11 Å². The van der Waals surface area contributed by atoms with E-state index < -0.39 is 0 Å². The fraction of sp³-hybridized carbons (Fsp3) is 0.207. The molecule has 0 saturated carbocycles. The lowest BCUT2D eigenvalue weighted by Gasteiger charge is -2.13. The van der Waals surface area contributed by atoms with Crippen LogP contribution in [0.5, 0.6) is 5.75 Å². The Morgan fingerprint density at radius 1 is 0.848 bits per heavy atom. The van der Waals surface area contributed by atoms with E-state index in [-0.39, 0.29) is 0 Å². The molecule has 4 rings (SSSR count). The van der Waals surface area contributed by atoms with Gasteiger partial charge >= 0.3 is 0 Å². The Balaban J connectivity index is 1.73. The second-order valence-electron chi connectivity index (χ2n) is 8.37. The number of hydrogen-bond donors (Lipinski definition) is 0. The fourth-order valence-corrected chi connectivity index (χ4v) is 4.05. The van der Waals surface area contributed by atoms with Gasteiger partial charge in [0.2, 0.25) is 0 Å². The summed E-state index contributed by atoms with van der Waals surface area (Å²) in [6.07, 6.45) is 0. The predicted octanol–water partition coefficient (Wildman–Crippen LogP) is 7.02. The molecule has 0 radical (unpaired) electrons. The molecule has 0 amide bonds. The number of aromatic nitrogens is 1. The van der Waals surface area contributed by atoms with Crippen molar-refractivity contribution in [3.05, 3.63) is 107 Å². The van der Waals surface area contributed by atoms with Gasteiger partial charge in [0.25, 0.3) is 0 Å². The lowest BCUT2D eigenvalue weighted by Crippen LogP contribution is -2.02. The zero-order valence-corrected chi connectivity index (χ0v) is 19.9. The number of aryl methyl sites for hydroxylation is 2. The average molecular weight is 439 g/mol. The first kappa shape index (κ1) is 22.4. The number of rotatable bonds is 7. The van der Waals surface area contributed by atoms with Crippen LogP contribution in [0.25, 0.3) is 16.9 Å². The first-order chi connectivity index (χ1) is 16.0. The molecule has 0 spiro atoms. The van der Waals surface area contributed by atoms with Crippen molar-refractivity contribution >= 4 is 5.71 Å². The Morgan fingerprint density at radius 2 is 1.61 bits per heavy atom. The number of ether oxygens (including phenoxy) is 1. The minimum atomic E-state index is 0.444. The Morgan fingerprint density at radius 3 is 2.33 bits per heavy atom. The lowest BCUT2D eigenvalue weighted by atomic mass is 10.1. The number of methoxy groups -OCH3 is 1. The number of benzene rings is 3. The third-order valence-corrected chi connectivity index (χ3v) is 5.81. The van der Waals surface area contributed by atoms with Gasteiger partial charge in [0.05, 0.1) is 18.5 Å². The first-order valence-corrected chi connectivity index (χ1v) is 11.1. The van der Waals surface area contributed by atoms with E-state index in [4.69, 9.17) is 9.57 Å². The van der Waals surface area contributed by atoms with Crippen molar-refractivity contribution in [1.29, 1.82) is 0 Å². The van der Waals surface area contributed by atoms with E-state index in [0.717, 1.165) is 45.2 Å². The summed E-state index contributed by atoms with van der Waals surface area (Å²) in [4.78, 5) is 5.72. The van der Waals surface area contributed by atoms with E-state index in [1.807, 2.05) is 25.1 Å². The van der Waals surface area contributed by atoms with Gasteiger partial charge in [-0.25, -0.2) is 0 Å². The molecule has 0 N–H and O–H groups in total. The highest BCUT2D eigenvalue weighted by atomic mass is 16.6. The van der Waals surface area contributed by atoms with Crippen molar-refractivity contribution < 1.29 is 9.57 Å². The summed E-state index contributed by atoms with van der Waals surface area (Å²) in [7, 11) is 1.69. The Hall–Kier alpha value is -3.79. The third kappa shape index (κ3) is 5.01. The monoisotopic (exact) mass is 438 g/mol. The Labute approximate surface area is 196 Å². The normalized spacial score (nSPS) is 11.5. The van der Waals surface area contributed by atoms with Gasteiger partial charge in [-0.3, -0.25) is 0 Å². The maximum atomic E-state index is 5.72. The quantitative estimate of drug-likeness (QED) is 0.230. The summed E-state index contributed by atoms with van der Waals surface area (Å²) in [5.41, 5.74) is 9.83. The van der Waals surface area contributed by atoms with Crippen LogP contribution in [0.1, 0.15) is 34.9 Å². The highest BCUT2D eigenvalue weighted by Crippen LogP contribution is 2.32. The molecule has 1 aromatic heterocycles. The van der Waals surface area contributed by atoms with Crippen molar-refractivity contribution in [2.45, 2.75) is 34.3 Å². The molecule has 0 aliphatic rings. The second-order valence-corrected chi connectivity index (χ2v) is 8.37. The summed E-state index contributed by atoms with van der Waals surface area (Å²) in [6.45, 7) is 8.74. The van der Waals surface area contributed by atoms with Gasteiger partial charge in [-0.2, -0.15) is 0 Å². The maximum Gasteiger partial charge on any atom is 0.142 e. The molecule has 0 aliphatic heterocycles. The van der Waals surface area contributed by atoms with Crippen molar-refractivity contribution in [2.24, 2.45) is 5.16 Å². The van der Waals surface area contributed by atoms with Gasteiger partial charge < -0.3 is 14.1 Å². The van der Waals surface area contributed by atoms with Crippen LogP contribution < -0.4 is 4.74 Å². The summed E-state index contributed by atoms with van der Waals surface area (Å²) < 4.78 is 7.74. The van der Waals surface area contributed by atoms with Gasteiger partial charge in [0.1, 0.15) is 12.4 Å². The zero-order valence-electron chi connectivity index (χ0n) is 19.9. The van der Waals surface area contributed by atoms with Crippen LogP contribution in [0, 0.1) is 20.8 Å². The zero-order chi connectivity index (χ0) is 23.4. The van der Waals surface area contributed by atoms with Crippen molar-refractivity contribution in [3.63, 3.8) is 0 Å². The number of nitrogens with zero attached hydrogens (tertiary/aromatic N) is 2. The molecule has 0 bridgehead atoms. The minimum absolute atomic E-state index is 0.444. The van der Waals surface area contributed by atoms with Crippen LogP contribution >= 0.6 is 0 Å². The molecular weight excluding hydrogens is 408 g/mol. The Bertz CT molecular complexity index is 1280. The standard InChI is InChI=1S/C29H30N2O2/c1-20-12-14-26(15-13-20)31-23(4)28(18-29(31)25-10-7-11-27(17-25)32-5)22(3)30-33-19-24-9-6-8-21(2)16-24/h6-18H,19H2,1-5H3/b30-22-. The van der Waals surface area contributed by atoms with Crippen LogP contribution in [0.3, 0.4) is 0 Å². The van der Waals surface area contributed by atoms with E-state index in [1.165, 1.54) is 11.1 Å². The fourth-order valence-electron chi connectivity index (χ4n) is 4.05. The summed E-state index contributed by atoms with van der Waals surface area (Å²) in [6, 6.07) is 27.2. The average Bonchev–Trinajstić information content (AvgIpc) is 3.17. The van der Waals surface area contributed by atoms with Crippen LogP contribution in [0.15, 0.2) is 84.0 Å². The van der Waals surface area contributed by atoms with Gasteiger partial charge in [0.15, 0.2) is 0 Å². The predicted molar refractivity (Wildman–Crippen MR) is 135 cm³/mol. The molecule has 3 aromatic carbocycles. The van der Waals surface area contributed by atoms with Gasteiger partial charge in [-0.05, 0) is 63.6 Å². The molecule has 4 aromatic rings. The number of hydrogen-bond acceptors (Lipinski definition) is 3. The molecular formula is C29H30N2O2. The third-order valence-electron chi connectivity index (χ3n) is 5.81. The molecule has 4 heteroatoms. The van der Waals surface area contributed by atoms with Crippen LogP contribution in [0.4, 0.5) is 0 Å². The van der Waals surface area contributed by atoms with Crippen LogP contribution in [-0.2, 0) is 11.4 Å². The highest BCUT2D eigenvalue weighted by Gasteiger charge is 2.17. The van der Waals surface area contributed by atoms with Crippen molar-refractivity contribution in [3.8, 4) is 22.7 Å². The summed E-state index contributed by atoms with van der Waals surface area (Å²) in [5, 5.41) is 4.45. The molecule has 1 heterocycles. The molecule has 0 atom stereocenters. The highest BCUT2D eigenvalue weighted by molar-refractivity contribution is 6.01. The molecule has 0 aliphatic carbocycles. The molecule has 33 heavy (non-hydrogen) atoms. The van der Waals surface area contributed by atoms with Gasteiger partial charge in [-0.15, -0.1) is 0 Å². The molecule has 0 unspecified atom stereocenters. The lowest BCUT2D eigenvalue weighted by molar-refractivity contribution is 0.130. The SMILES string of the molecule is COc1cccc(-c2cc(/C(C)=N\OCc3cccc(C)c3)c(C)n2-c2ccc(C)cc2)c1. The van der Waals surface area contributed by atoms with Crippen LogP contribution in [-0.4, -0.2) is 17.4 Å². The molecule has 4 nitrogen and oxygen atoms in total. The summed E-state index contributed by atoms with van der Waals surface area (Å²) in [5.74, 6) is 0.829. The van der Waals surface area contributed by atoms with Gasteiger partial charge in [-0.1, -0.05) is 64.8 Å². The first-order valence-electron chi connectivity index (χ1n) is 11.1. The smallest absolute Gasteiger partial charge is 0.142 e. The van der Waals surface area contributed by atoms with Gasteiger partial charge in [0, 0.05) is 22.5 Å². The van der Waals surface area contributed by atoms with E-state index in [1.54, 1.807) is 7.11 Å². The molecule has 0 fully saturated rings. The largest absolute Gasteiger partial charge is 0.497 e. The van der Waals surface area contributed by atoms with E-state index in [9.17, 15) is 0 Å². The topological polar surface area (TPSA) is 35.8 Å². The molecule has 0 saturated heterocycles. The summed E-state index contributed by atoms with van der Waals surface area (Å²) >= 11 is 0. The van der Waals surface area contributed by atoms with E-state index >= 15 is 0 Å².